The van der Waals surface area contributed by atoms with Gasteiger partial charge in [-0.1, -0.05) is 41.9 Å². The Hall–Kier alpha value is -1.05. The highest BCUT2D eigenvalue weighted by molar-refractivity contribution is 6.35. The largest absolute Gasteiger partial charge is 0.324 e. The van der Waals surface area contributed by atoms with Crippen LogP contribution in [0.15, 0.2) is 36.4 Å². The summed E-state index contributed by atoms with van der Waals surface area (Å²) in [6.07, 6.45) is 0. The molecule has 2 aromatic carbocycles. The fraction of sp³-hybridized carbons (Fsp3) is 0.167. The monoisotopic (exact) mass is 205 g/mol. The van der Waals surface area contributed by atoms with Crippen LogP contribution in [0, 0.1) is 0 Å². The minimum atomic E-state index is 0.0390. The van der Waals surface area contributed by atoms with Crippen LogP contribution in [0.2, 0.25) is 5.02 Å². The zero-order valence-corrected chi connectivity index (χ0v) is 8.75. The van der Waals surface area contributed by atoms with E-state index in [1.807, 2.05) is 37.3 Å². The van der Waals surface area contributed by atoms with Crippen LogP contribution in [0.4, 0.5) is 0 Å². The van der Waals surface area contributed by atoms with Gasteiger partial charge < -0.3 is 5.73 Å². The number of nitrogens with two attached hydrogens (primary N) is 1. The molecule has 2 heteroatoms. The highest BCUT2D eigenvalue weighted by Crippen LogP contribution is 2.28. The predicted octanol–water partition coefficient (Wildman–Crippen LogP) is 3.51. The summed E-state index contributed by atoms with van der Waals surface area (Å²) < 4.78 is 0. The summed E-state index contributed by atoms with van der Waals surface area (Å²) in [5.74, 6) is 0. The van der Waals surface area contributed by atoms with Gasteiger partial charge in [-0.05, 0) is 23.9 Å². The van der Waals surface area contributed by atoms with E-state index in [1.165, 1.54) is 0 Å². The molecule has 0 bridgehead atoms. The van der Waals surface area contributed by atoms with Crippen molar-refractivity contribution in [2.75, 3.05) is 0 Å². The normalized spacial score (nSPS) is 13.1. The first kappa shape index (κ1) is 9.50. The average molecular weight is 206 g/mol. The molecule has 0 radical (unpaired) electrons. The van der Waals surface area contributed by atoms with E-state index in [9.17, 15) is 0 Å². The van der Waals surface area contributed by atoms with E-state index in [-0.39, 0.29) is 6.04 Å². The van der Waals surface area contributed by atoms with Gasteiger partial charge in [-0.3, -0.25) is 0 Å². The van der Waals surface area contributed by atoms with Crippen LogP contribution < -0.4 is 5.73 Å². The molecule has 0 aliphatic carbocycles. The first-order valence-electron chi connectivity index (χ1n) is 4.63. The third kappa shape index (κ3) is 1.49. The lowest BCUT2D eigenvalue weighted by atomic mass is 10.0. The first-order valence-corrected chi connectivity index (χ1v) is 5.00. The van der Waals surface area contributed by atoms with Crippen molar-refractivity contribution in [1.82, 2.24) is 0 Å². The summed E-state index contributed by atoms with van der Waals surface area (Å²) in [5.41, 5.74) is 7.03. The van der Waals surface area contributed by atoms with Gasteiger partial charge in [0.1, 0.15) is 0 Å². The van der Waals surface area contributed by atoms with Gasteiger partial charge in [0.15, 0.2) is 0 Å². The molecule has 0 saturated carbocycles. The molecule has 14 heavy (non-hydrogen) atoms. The van der Waals surface area contributed by atoms with Gasteiger partial charge in [0, 0.05) is 16.5 Å². The van der Waals surface area contributed by atoms with E-state index in [0.29, 0.717) is 0 Å². The van der Waals surface area contributed by atoms with Crippen LogP contribution in [0.3, 0.4) is 0 Å². The highest BCUT2D eigenvalue weighted by Gasteiger charge is 2.06. The second-order valence-electron chi connectivity index (χ2n) is 3.47. The van der Waals surface area contributed by atoms with Crippen molar-refractivity contribution in [3.05, 3.63) is 47.0 Å². The van der Waals surface area contributed by atoms with Crippen molar-refractivity contribution in [1.29, 1.82) is 0 Å². The first-order chi connectivity index (χ1) is 6.70. The smallest absolute Gasteiger partial charge is 0.0484 e. The Morgan fingerprint density at radius 1 is 1.07 bits per heavy atom. The maximum absolute atomic E-state index is 6.09. The molecular weight excluding hydrogens is 194 g/mol. The Labute approximate surface area is 88.5 Å². The molecule has 0 aliphatic heterocycles. The lowest BCUT2D eigenvalue weighted by molar-refractivity contribution is 0.827. The maximum Gasteiger partial charge on any atom is 0.0484 e. The summed E-state index contributed by atoms with van der Waals surface area (Å²) in [6.45, 7) is 1.98. The fourth-order valence-corrected chi connectivity index (χ4v) is 1.91. The molecule has 72 valence electrons. The molecule has 0 aliphatic rings. The van der Waals surface area contributed by atoms with Crippen LogP contribution in [0.25, 0.3) is 10.8 Å². The maximum atomic E-state index is 6.09. The molecule has 1 atom stereocenters. The van der Waals surface area contributed by atoms with Crippen LogP contribution in [-0.4, -0.2) is 0 Å². The summed E-state index contributed by atoms with van der Waals surface area (Å²) >= 11 is 6.09. The van der Waals surface area contributed by atoms with Gasteiger partial charge in [0.2, 0.25) is 0 Å². The minimum absolute atomic E-state index is 0.0390. The molecule has 2 rings (SSSR count). The second kappa shape index (κ2) is 3.60. The molecular formula is C12H12ClN. The zero-order chi connectivity index (χ0) is 10.1. The minimum Gasteiger partial charge on any atom is -0.324 e. The molecule has 0 spiro atoms. The molecule has 2 aromatic rings. The van der Waals surface area contributed by atoms with Crippen molar-refractivity contribution in [2.45, 2.75) is 13.0 Å². The van der Waals surface area contributed by atoms with E-state index in [0.717, 1.165) is 21.4 Å². The Morgan fingerprint density at radius 2 is 1.71 bits per heavy atom. The van der Waals surface area contributed by atoms with Gasteiger partial charge in [-0.15, -0.1) is 0 Å². The van der Waals surface area contributed by atoms with E-state index < -0.39 is 0 Å². The second-order valence-corrected chi connectivity index (χ2v) is 3.88. The van der Waals surface area contributed by atoms with Gasteiger partial charge in [-0.25, -0.2) is 0 Å². The number of fused-ring (bicyclic) bond motifs is 1. The standard InChI is InChI=1S/C12H12ClN/c1-8(14)9-6-7-12(13)11-5-3-2-4-10(9)11/h2-8H,14H2,1H3/t8-/m0/s1. The Bertz CT molecular complexity index is 463. The van der Waals surface area contributed by atoms with Crippen molar-refractivity contribution >= 4 is 22.4 Å². The summed E-state index contributed by atoms with van der Waals surface area (Å²) in [4.78, 5) is 0. The van der Waals surface area contributed by atoms with E-state index in [4.69, 9.17) is 17.3 Å². The lowest BCUT2D eigenvalue weighted by Crippen LogP contribution is -2.05. The van der Waals surface area contributed by atoms with E-state index in [2.05, 4.69) is 6.07 Å². The van der Waals surface area contributed by atoms with Gasteiger partial charge in [-0.2, -0.15) is 0 Å². The fourth-order valence-electron chi connectivity index (χ4n) is 1.68. The topological polar surface area (TPSA) is 26.0 Å². The van der Waals surface area contributed by atoms with Gasteiger partial charge >= 0.3 is 0 Å². The summed E-state index contributed by atoms with van der Waals surface area (Å²) in [6, 6.07) is 12.0. The lowest BCUT2D eigenvalue weighted by Gasteiger charge is -2.10. The molecule has 0 heterocycles. The van der Waals surface area contributed by atoms with E-state index >= 15 is 0 Å². The predicted molar refractivity (Wildman–Crippen MR) is 61.6 cm³/mol. The number of rotatable bonds is 1. The quantitative estimate of drug-likeness (QED) is 0.758. The zero-order valence-electron chi connectivity index (χ0n) is 8.00. The van der Waals surface area contributed by atoms with Crippen LogP contribution in [0.5, 0.6) is 0 Å². The van der Waals surface area contributed by atoms with Gasteiger partial charge in [0.05, 0.1) is 0 Å². The third-order valence-electron chi connectivity index (χ3n) is 2.40. The number of hydrogen-bond donors (Lipinski definition) is 1. The molecule has 0 unspecified atom stereocenters. The SMILES string of the molecule is C[C@H](N)c1ccc(Cl)c2ccccc12. The van der Waals surface area contributed by atoms with Gasteiger partial charge in [0.25, 0.3) is 0 Å². The molecule has 0 amide bonds. The van der Waals surface area contributed by atoms with Crippen molar-refractivity contribution in [3.8, 4) is 0 Å². The number of benzene rings is 2. The average Bonchev–Trinajstić information content (AvgIpc) is 2.18. The third-order valence-corrected chi connectivity index (χ3v) is 2.72. The summed E-state index contributed by atoms with van der Waals surface area (Å²) in [5, 5.41) is 3.00. The molecule has 0 saturated heterocycles. The molecule has 0 fully saturated rings. The summed E-state index contributed by atoms with van der Waals surface area (Å²) in [7, 11) is 0. The van der Waals surface area contributed by atoms with Crippen LogP contribution >= 0.6 is 11.6 Å². The van der Waals surface area contributed by atoms with Crippen molar-refractivity contribution in [2.24, 2.45) is 5.73 Å². The van der Waals surface area contributed by atoms with Crippen LogP contribution in [0.1, 0.15) is 18.5 Å². The van der Waals surface area contributed by atoms with Crippen molar-refractivity contribution in [3.63, 3.8) is 0 Å². The van der Waals surface area contributed by atoms with E-state index in [1.54, 1.807) is 0 Å². The number of hydrogen-bond acceptors (Lipinski definition) is 1. The molecule has 1 nitrogen and oxygen atoms in total. The molecule has 2 N–H and O–H groups in total. The Kier molecular flexibility index (Phi) is 2.44. The van der Waals surface area contributed by atoms with Crippen LogP contribution in [-0.2, 0) is 0 Å². The molecule has 0 aromatic heterocycles. The Balaban J connectivity index is 2.82. The van der Waals surface area contributed by atoms with Crippen molar-refractivity contribution < 1.29 is 0 Å². The Morgan fingerprint density at radius 3 is 2.36 bits per heavy atom. The number of halogens is 1. The highest BCUT2D eigenvalue weighted by atomic mass is 35.5.